The maximum absolute atomic E-state index is 13.2. The van der Waals surface area contributed by atoms with Crippen molar-refractivity contribution in [3.8, 4) is 6.07 Å². The number of hydrogen-bond acceptors (Lipinski definition) is 2. The summed E-state index contributed by atoms with van der Waals surface area (Å²) in [5.41, 5.74) is 2.43. The van der Waals surface area contributed by atoms with Crippen molar-refractivity contribution in [2.75, 3.05) is 0 Å². The molecule has 2 rings (SSSR count). The Morgan fingerprint density at radius 3 is 2.60 bits per heavy atom. The molecule has 0 heterocycles. The normalized spacial score (nSPS) is 11.9. The van der Waals surface area contributed by atoms with Crippen LogP contribution in [0, 0.1) is 17.1 Å². The smallest absolute Gasteiger partial charge is 0.123 e. The van der Waals surface area contributed by atoms with Gasteiger partial charge in [0.05, 0.1) is 11.6 Å². The monoisotopic (exact) mass is 288 g/mol. The van der Waals surface area contributed by atoms with Crippen molar-refractivity contribution in [3.05, 3.63) is 70.0 Å². The van der Waals surface area contributed by atoms with Gasteiger partial charge < -0.3 is 5.32 Å². The second-order valence-electron chi connectivity index (χ2n) is 4.57. The highest BCUT2D eigenvalue weighted by Gasteiger charge is 2.07. The third-order valence-corrected chi connectivity index (χ3v) is 3.51. The fourth-order valence-corrected chi connectivity index (χ4v) is 2.09. The Hall–Kier alpha value is -1.89. The summed E-state index contributed by atoms with van der Waals surface area (Å²) in [5, 5.41) is 12.6. The fourth-order valence-electron chi connectivity index (χ4n) is 1.91. The molecule has 102 valence electrons. The third-order valence-electron chi connectivity index (χ3n) is 3.15. The van der Waals surface area contributed by atoms with E-state index < -0.39 is 0 Å². The highest BCUT2D eigenvalue weighted by molar-refractivity contribution is 6.31. The van der Waals surface area contributed by atoms with E-state index in [-0.39, 0.29) is 11.9 Å². The average molecular weight is 289 g/mol. The fraction of sp³-hybridized carbons (Fsp3) is 0.188. The lowest BCUT2D eigenvalue weighted by Crippen LogP contribution is -2.18. The molecule has 0 amide bonds. The Kier molecular flexibility index (Phi) is 4.73. The Bertz CT molecular complexity index is 632. The van der Waals surface area contributed by atoms with Gasteiger partial charge in [-0.3, -0.25) is 0 Å². The van der Waals surface area contributed by atoms with Crippen molar-refractivity contribution in [3.63, 3.8) is 0 Å². The van der Waals surface area contributed by atoms with Crippen molar-refractivity contribution in [2.24, 2.45) is 0 Å². The van der Waals surface area contributed by atoms with Gasteiger partial charge in [-0.1, -0.05) is 23.7 Å². The van der Waals surface area contributed by atoms with Crippen LogP contribution in [0.25, 0.3) is 0 Å². The van der Waals surface area contributed by atoms with Crippen LogP contribution in [0.3, 0.4) is 0 Å². The van der Waals surface area contributed by atoms with Gasteiger partial charge in [-0.05, 0) is 48.4 Å². The first-order chi connectivity index (χ1) is 9.60. The summed E-state index contributed by atoms with van der Waals surface area (Å²) >= 11 is 6.02. The summed E-state index contributed by atoms with van der Waals surface area (Å²) in [4.78, 5) is 0. The van der Waals surface area contributed by atoms with Crippen LogP contribution < -0.4 is 5.32 Å². The molecular formula is C16H14ClFN2. The van der Waals surface area contributed by atoms with E-state index in [1.54, 1.807) is 18.2 Å². The van der Waals surface area contributed by atoms with E-state index in [1.165, 1.54) is 12.1 Å². The largest absolute Gasteiger partial charge is 0.306 e. The molecule has 0 aliphatic heterocycles. The first-order valence-electron chi connectivity index (χ1n) is 6.27. The summed E-state index contributed by atoms with van der Waals surface area (Å²) in [5.74, 6) is -0.294. The van der Waals surface area contributed by atoms with E-state index in [1.807, 2.05) is 19.1 Å². The molecule has 1 unspecified atom stereocenters. The minimum Gasteiger partial charge on any atom is -0.306 e. The molecule has 0 aliphatic carbocycles. The molecule has 0 saturated heterocycles. The van der Waals surface area contributed by atoms with Crippen molar-refractivity contribution in [2.45, 2.75) is 19.5 Å². The van der Waals surface area contributed by atoms with E-state index in [0.717, 1.165) is 11.1 Å². The quantitative estimate of drug-likeness (QED) is 0.915. The van der Waals surface area contributed by atoms with Crippen LogP contribution in [0.15, 0.2) is 42.5 Å². The highest BCUT2D eigenvalue weighted by atomic mass is 35.5. The van der Waals surface area contributed by atoms with Crippen molar-refractivity contribution < 1.29 is 4.39 Å². The van der Waals surface area contributed by atoms with Crippen LogP contribution in [-0.4, -0.2) is 0 Å². The number of benzene rings is 2. The average Bonchev–Trinajstić information content (AvgIpc) is 2.48. The second-order valence-corrected chi connectivity index (χ2v) is 4.98. The maximum Gasteiger partial charge on any atom is 0.123 e. The zero-order chi connectivity index (χ0) is 14.5. The van der Waals surface area contributed by atoms with Gasteiger partial charge in [0.2, 0.25) is 0 Å². The van der Waals surface area contributed by atoms with E-state index in [0.29, 0.717) is 17.1 Å². The molecule has 2 nitrogen and oxygen atoms in total. The predicted octanol–water partition coefficient (Wildman–Crippen LogP) is 4.20. The van der Waals surface area contributed by atoms with Gasteiger partial charge >= 0.3 is 0 Å². The van der Waals surface area contributed by atoms with Crippen molar-refractivity contribution in [1.29, 1.82) is 5.26 Å². The molecule has 20 heavy (non-hydrogen) atoms. The van der Waals surface area contributed by atoms with E-state index in [2.05, 4.69) is 11.4 Å². The molecule has 2 aromatic rings. The Balaban J connectivity index is 2.02. The van der Waals surface area contributed by atoms with Gasteiger partial charge in [0.1, 0.15) is 5.82 Å². The van der Waals surface area contributed by atoms with E-state index in [9.17, 15) is 4.39 Å². The number of nitrogens with one attached hydrogen (secondary N) is 1. The minimum atomic E-state index is -0.294. The first-order valence-corrected chi connectivity index (χ1v) is 6.65. The maximum atomic E-state index is 13.2. The van der Waals surface area contributed by atoms with Gasteiger partial charge in [-0.25, -0.2) is 4.39 Å². The standard InChI is InChI=1S/C16H14ClFN2/c1-11(13-4-2-12(9-19)3-5-13)20-10-14-8-15(18)6-7-16(14)17/h2-8,11,20H,10H2,1H3. The zero-order valence-electron chi connectivity index (χ0n) is 11.0. The molecule has 4 heteroatoms. The molecule has 0 spiro atoms. The Morgan fingerprint density at radius 2 is 1.95 bits per heavy atom. The molecule has 2 aromatic carbocycles. The van der Waals surface area contributed by atoms with Gasteiger partial charge in [0.25, 0.3) is 0 Å². The molecule has 0 radical (unpaired) electrons. The Labute approximate surface area is 122 Å². The molecule has 0 saturated carbocycles. The van der Waals surface area contributed by atoms with Gasteiger partial charge in [-0.2, -0.15) is 5.26 Å². The van der Waals surface area contributed by atoms with Crippen LogP contribution in [0.5, 0.6) is 0 Å². The summed E-state index contributed by atoms with van der Waals surface area (Å²) in [6, 6.07) is 13.9. The van der Waals surface area contributed by atoms with Crippen LogP contribution in [0.4, 0.5) is 4.39 Å². The van der Waals surface area contributed by atoms with Crippen molar-refractivity contribution >= 4 is 11.6 Å². The van der Waals surface area contributed by atoms with Crippen LogP contribution in [0.2, 0.25) is 5.02 Å². The molecule has 0 fully saturated rings. The molecule has 0 aliphatic rings. The number of hydrogen-bond donors (Lipinski definition) is 1. The summed E-state index contributed by atoms with van der Waals surface area (Å²) < 4.78 is 13.2. The second kappa shape index (κ2) is 6.51. The van der Waals surface area contributed by atoms with Crippen LogP contribution in [-0.2, 0) is 6.54 Å². The Morgan fingerprint density at radius 1 is 1.25 bits per heavy atom. The molecule has 0 bridgehead atoms. The van der Waals surface area contributed by atoms with Crippen LogP contribution >= 0.6 is 11.6 Å². The van der Waals surface area contributed by atoms with Crippen molar-refractivity contribution in [1.82, 2.24) is 5.32 Å². The lowest BCUT2D eigenvalue weighted by atomic mass is 10.1. The predicted molar refractivity (Wildman–Crippen MR) is 77.8 cm³/mol. The lowest BCUT2D eigenvalue weighted by molar-refractivity contribution is 0.569. The number of halogens is 2. The van der Waals surface area contributed by atoms with Gasteiger partial charge in [0.15, 0.2) is 0 Å². The first kappa shape index (κ1) is 14.5. The van der Waals surface area contributed by atoms with Gasteiger partial charge in [0, 0.05) is 17.6 Å². The minimum absolute atomic E-state index is 0.0853. The summed E-state index contributed by atoms with van der Waals surface area (Å²) in [7, 11) is 0. The third kappa shape index (κ3) is 3.57. The van der Waals surface area contributed by atoms with E-state index >= 15 is 0 Å². The lowest BCUT2D eigenvalue weighted by Gasteiger charge is -2.15. The van der Waals surface area contributed by atoms with E-state index in [4.69, 9.17) is 16.9 Å². The van der Waals surface area contributed by atoms with Crippen LogP contribution in [0.1, 0.15) is 29.7 Å². The number of rotatable bonds is 4. The zero-order valence-corrected chi connectivity index (χ0v) is 11.8. The molecule has 1 atom stereocenters. The molecule has 1 N–H and O–H groups in total. The molecular weight excluding hydrogens is 275 g/mol. The number of nitriles is 1. The molecule has 0 aromatic heterocycles. The topological polar surface area (TPSA) is 35.8 Å². The highest BCUT2D eigenvalue weighted by Crippen LogP contribution is 2.19. The number of nitrogens with zero attached hydrogens (tertiary/aromatic N) is 1. The summed E-state index contributed by atoms with van der Waals surface area (Å²) in [6.45, 7) is 2.49. The van der Waals surface area contributed by atoms with Gasteiger partial charge in [-0.15, -0.1) is 0 Å². The summed E-state index contributed by atoms with van der Waals surface area (Å²) in [6.07, 6.45) is 0. The SMILES string of the molecule is CC(NCc1cc(F)ccc1Cl)c1ccc(C#N)cc1.